The van der Waals surface area contributed by atoms with Gasteiger partial charge in [-0.2, -0.15) is 0 Å². The third-order valence-corrected chi connectivity index (χ3v) is 4.04. The highest BCUT2D eigenvalue weighted by Gasteiger charge is 2.35. The van der Waals surface area contributed by atoms with Gasteiger partial charge in [0.25, 0.3) is 0 Å². The quantitative estimate of drug-likeness (QED) is 0.889. The summed E-state index contributed by atoms with van der Waals surface area (Å²) in [5, 5.41) is 4.10. The molecular formula is C16H16Cl2N2O. The summed E-state index contributed by atoms with van der Waals surface area (Å²) in [5.41, 5.74) is 6.90. The number of anilines is 1. The van der Waals surface area contributed by atoms with Gasteiger partial charge in [0, 0.05) is 21.3 Å². The molecule has 110 valence electrons. The topological polar surface area (TPSA) is 55.1 Å². The van der Waals surface area contributed by atoms with Crippen LogP contribution < -0.4 is 11.1 Å². The molecule has 2 rings (SSSR count). The van der Waals surface area contributed by atoms with Crippen molar-refractivity contribution in [1.29, 1.82) is 0 Å². The molecule has 5 heteroatoms. The highest BCUT2D eigenvalue weighted by Crippen LogP contribution is 2.33. The number of hydrogen-bond acceptors (Lipinski definition) is 2. The zero-order valence-corrected chi connectivity index (χ0v) is 13.3. The highest BCUT2D eigenvalue weighted by molar-refractivity contribution is 6.35. The summed E-state index contributed by atoms with van der Waals surface area (Å²) < 4.78 is 0. The molecule has 3 nitrogen and oxygen atoms in total. The Morgan fingerprint density at radius 1 is 1.19 bits per heavy atom. The van der Waals surface area contributed by atoms with Crippen molar-refractivity contribution in [2.75, 3.05) is 5.32 Å². The smallest absolute Gasteiger partial charge is 0.247 e. The molecule has 0 saturated heterocycles. The zero-order chi connectivity index (χ0) is 15.6. The van der Waals surface area contributed by atoms with Crippen LogP contribution in [0.4, 0.5) is 5.69 Å². The predicted octanol–water partition coefficient (Wildman–Crippen LogP) is 4.11. The second-order valence-electron chi connectivity index (χ2n) is 5.05. The molecule has 0 saturated carbocycles. The Hall–Kier alpha value is -1.71. The minimum absolute atomic E-state index is 0.393. The van der Waals surface area contributed by atoms with E-state index in [1.165, 1.54) is 0 Å². The van der Waals surface area contributed by atoms with Crippen LogP contribution in [0, 0.1) is 6.92 Å². The molecule has 2 aromatic carbocycles. The minimum atomic E-state index is -1.13. The number of amides is 1. The van der Waals surface area contributed by atoms with Gasteiger partial charge in [0.2, 0.25) is 5.91 Å². The monoisotopic (exact) mass is 322 g/mol. The van der Waals surface area contributed by atoms with E-state index in [-0.39, 0.29) is 0 Å². The largest absolute Gasteiger partial charge is 0.368 e. The van der Waals surface area contributed by atoms with E-state index in [1.807, 2.05) is 31.2 Å². The summed E-state index contributed by atoms with van der Waals surface area (Å²) in [6, 6.07) is 12.6. The molecule has 0 fully saturated rings. The number of carbonyl (C=O) groups is 1. The first-order valence-electron chi connectivity index (χ1n) is 6.44. The van der Waals surface area contributed by atoms with Crippen molar-refractivity contribution < 1.29 is 4.79 Å². The van der Waals surface area contributed by atoms with Crippen LogP contribution in [0.15, 0.2) is 42.5 Å². The molecule has 0 aliphatic heterocycles. The van der Waals surface area contributed by atoms with Crippen LogP contribution in [0.5, 0.6) is 0 Å². The Kier molecular flexibility index (Phi) is 4.45. The van der Waals surface area contributed by atoms with E-state index in [1.54, 1.807) is 25.1 Å². The maximum Gasteiger partial charge on any atom is 0.247 e. The zero-order valence-electron chi connectivity index (χ0n) is 11.8. The lowest BCUT2D eigenvalue weighted by Crippen LogP contribution is -2.45. The van der Waals surface area contributed by atoms with Gasteiger partial charge in [0.1, 0.15) is 5.54 Å². The Morgan fingerprint density at radius 3 is 2.43 bits per heavy atom. The Morgan fingerprint density at radius 2 is 1.86 bits per heavy atom. The lowest BCUT2D eigenvalue weighted by Gasteiger charge is -2.30. The molecule has 0 heterocycles. The van der Waals surface area contributed by atoms with E-state index in [0.717, 1.165) is 11.3 Å². The van der Waals surface area contributed by atoms with Crippen LogP contribution in [0.25, 0.3) is 0 Å². The summed E-state index contributed by atoms with van der Waals surface area (Å²) in [6.45, 7) is 3.66. The number of benzene rings is 2. The molecule has 0 aliphatic rings. The van der Waals surface area contributed by atoms with Crippen LogP contribution in [0.1, 0.15) is 18.1 Å². The first kappa shape index (κ1) is 15.7. The molecule has 3 N–H and O–H groups in total. The standard InChI is InChI=1S/C16H16Cl2N2O/c1-10-5-3-4-6-14(10)20-16(2,15(19)21)12-8-7-11(17)9-13(12)18/h3-9,20H,1-2H3,(H2,19,21). The van der Waals surface area contributed by atoms with Gasteiger partial charge in [0.05, 0.1) is 0 Å². The Bertz CT molecular complexity index is 688. The number of nitrogens with one attached hydrogen (secondary N) is 1. The maximum absolute atomic E-state index is 12.0. The number of primary amides is 1. The molecule has 0 spiro atoms. The van der Waals surface area contributed by atoms with Crippen molar-refractivity contribution in [3.63, 3.8) is 0 Å². The fourth-order valence-electron chi connectivity index (χ4n) is 2.14. The fraction of sp³-hybridized carbons (Fsp3) is 0.188. The molecule has 0 aliphatic carbocycles. The van der Waals surface area contributed by atoms with E-state index in [4.69, 9.17) is 28.9 Å². The number of hydrogen-bond donors (Lipinski definition) is 2. The first-order valence-corrected chi connectivity index (χ1v) is 7.19. The van der Waals surface area contributed by atoms with Gasteiger partial charge < -0.3 is 11.1 Å². The summed E-state index contributed by atoms with van der Waals surface area (Å²) in [4.78, 5) is 12.0. The van der Waals surface area contributed by atoms with Crippen LogP contribution >= 0.6 is 23.2 Å². The van der Waals surface area contributed by atoms with Gasteiger partial charge in [-0.05, 0) is 37.6 Å². The number of nitrogens with two attached hydrogens (primary N) is 1. The second-order valence-corrected chi connectivity index (χ2v) is 5.90. The van der Waals surface area contributed by atoms with Gasteiger partial charge >= 0.3 is 0 Å². The van der Waals surface area contributed by atoms with Gasteiger partial charge in [-0.3, -0.25) is 4.79 Å². The normalized spacial score (nSPS) is 13.5. The summed E-state index contributed by atoms with van der Waals surface area (Å²) >= 11 is 12.1. The average Bonchev–Trinajstić information content (AvgIpc) is 2.41. The summed E-state index contributed by atoms with van der Waals surface area (Å²) in [7, 11) is 0. The third-order valence-electron chi connectivity index (χ3n) is 3.49. The van der Waals surface area contributed by atoms with Gasteiger partial charge in [-0.1, -0.05) is 47.5 Å². The van der Waals surface area contributed by atoms with E-state index < -0.39 is 11.4 Å². The molecule has 2 aromatic rings. The Balaban J connectivity index is 2.51. The van der Waals surface area contributed by atoms with E-state index >= 15 is 0 Å². The van der Waals surface area contributed by atoms with Crippen LogP contribution in [0.3, 0.4) is 0 Å². The third kappa shape index (κ3) is 3.14. The molecule has 1 unspecified atom stereocenters. The van der Waals surface area contributed by atoms with Gasteiger partial charge in [-0.25, -0.2) is 0 Å². The number of rotatable bonds is 4. The minimum Gasteiger partial charge on any atom is -0.368 e. The molecule has 0 aromatic heterocycles. The highest BCUT2D eigenvalue weighted by atomic mass is 35.5. The SMILES string of the molecule is Cc1ccccc1NC(C)(C(N)=O)c1ccc(Cl)cc1Cl. The number of para-hydroxylation sites is 1. The van der Waals surface area contributed by atoms with Crippen LogP contribution in [0.2, 0.25) is 10.0 Å². The van der Waals surface area contributed by atoms with Crippen molar-refractivity contribution in [3.05, 3.63) is 63.6 Å². The lowest BCUT2D eigenvalue weighted by molar-refractivity contribution is -0.122. The molecule has 21 heavy (non-hydrogen) atoms. The summed E-state index contributed by atoms with van der Waals surface area (Å²) in [5.74, 6) is -0.519. The number of aryl methyl sites for hydroxylation is 1. The van der Waals surface area contributed by atoms with Crippen molar-refractivity contribution in [1.82, 2.24) is 0 Å². The predicted molar refractivity (Wildman–Crippen MR) is 87.8 cm³/mol. The van der Waals surface area contributed by atoms with E-state index in [0.29, 0.717) is 15.6 Å². The van der Waals surface area contributed by atoms with Gasteiger partial charge in [-0.15, -0.1) is 0 Å². The van der Waals surface area contributed by atoms with E-state index in [9.17, 15) is 4.79 Å². The van der Waals surface area contributed by atoms with Gasteiger partial charge in [0.15, 0.2) is 0 Å². The number of carbonyl (C=O) groups excluding carboxylic acids is 1. The second kappa shape index (κ2) is 5.96. The number of halogens is 2. The fourth-order valence-corrected chi connectivity index (χ4v) is 2.74. The van der Waals surface area contributed by atoms with Crippen molar-refractivity contribution in [3.8, 4) is 0 Å². The average molecular weight is 323 g/mol. The summed E-state index contributed by atoms with van der Waals surface area (Å²) in [6.07, 6.45) is 0. The first-order chi connectivity index (χ1) is 9.84. The van der Waals surface area contributed by atoms with E-state index in [2.05, 4.69) is 5.32 Å². The molecule has 0 bridgehead atoms. The molecule has 1 amide bonds. The maximum atomic E-state index is 12.0. The molecule has 1 atom stereocenters. The van der Waals surface area contributed by atoms with Crippen LogP contribution in [-0.4, -0.2) is 5.91 Å². The van der Waals surface area contributed by atoms with Crippen LogP contribution in [-0.2, 0) is 10.3 Å². The van der Waals surface area contributed by atoms with Crippen molar-refractivity contribution in [2.24, 2.45) is 5.73 Å². The molecular weight excluding hydrogens is 307 g/mol. The van der Waals surface area contributed by atoms with Crippen molar-refractivity contribution in [2.45, 2.75) is 19.4 Å². The molecule has 0 radical (unpaired) electrons. The lowest BCUT2D eigenvalue weighted by atomic mass is 9.90. The van der Waals surface area contributed by atoms with Crippen molar-refractivity contribution >= 4 is 34.8 Å². The Labute approximate surface area is 134 Å².